The number of nitrogens with two attached hydrogens (primary N) is 1. The molecule has 0 fully saturated rings. The van der Waals surface area contributed by atoms with Gasteiger partial charge in [0.05, 0.1) is 17.9 Å². The standard InChI is InChI=1S/C30H30N8/c1-20-5-4-8-26(35-20)30-29(24-13-14-28-33-19-34-38(28)18-24)36-27(37-30)17-32-16-23-6-2-3-7-25(23)22-11-9-21(15-31)10-12-22/h2-9,11,13-14,18-19,32H,10,12,15-17,31H2,1H3,(H,36,37). The Bertz CT molecular complexity index is 1660. The van der Waals surface area contributed by atoms with Crippen molar-refractivity contribution in [2.24, 2.45) is 5.73 Å². The van der Waals surface area contributed by atoms with Gasteiger partial charge < -0.3 is 16.0 Å². The number of hydrogen-bond acceptors (Lipinski definition) is 6. The molecule has 8 heteroatoms. The van der Waals surface area contributed by atoms with Gasteiger partial charge in [0.2, 0.25) is 0 Å². The molecule has 6 rings (SSSR count). The van der Waals surface area contributed by atoms with E-state index in [1.54, 1.807) is 10.8 Å². The van der Waals surface area contributed by atoms with E-state index in [9.17, 15) is 0 Å². The second kappa shape index (κ2) is 10.5. The third-order valence-electron chi connectivity index (χ3n) is 6.92. The van der Waals surface area contributed by atoms with Gasteiger partial charge in [0, 0.05) is 30.5 Å². The fourth-order valence-corrected chi connectivity index (χ4v) is 4.92. The molecule has 1 aliphatic rings. The van der Waals surface area contributed by atoms with Crippen molar-refractivity contribution in [3.8, 4) is 22.6 Å². The van der Waals surface area contributed by atoms with E-state index < -0.39 is 0 Å². The molecule has 8 nitrogen and oxygen atoms in total. The van der Waals surface area contributed by atoms with E-state index in [0.29, 0.717) is 13.1 Å². The first kappa shape index (κ1) is 24.0. The summed E-state index contributed by atoms with van der Waals surface area (Å²) in [5, 5.41) is 7.89. The van der Waals surface area contributed by atoms with Crippen molar-refractivity contribution in [2.45, 2.75) is 32.9 Å². The molecule has 1 aliphatic carbocycles. The van der Waals surface area contributed by atoms with Gasteiger partial charge >= 0.3 is 0 Å². The SMILES string of the molecule is Cc1cccc(-c2nc(CNCc3ccccc3C3=CC=C(CN)CC3)[nH]c2-c2ccc3ncnn3c2)n1. The number of imidazole rings is 1. The molecule has 4 N–H and O–H groups in total. The molecule has 5 aromatic rings. The predicted molar refractivity (Wildman–Crippen MR) is 150 cm³/mol. The average molecular weight is 503 g/mol. The number of pyridine rings is 2. The fraction of sp³-hybridized carbons (Fsp3) is 0.200. The molecule has 0 bridgehead atoms. The van der Waals surface area contributed by atoms with Crippen LogP contribution < -0.4 is 11.1 Å². The number of allylic oxidation sites excluding steroid dienone is 3. The zero-order valence-corrected chi connectivity index (χ0v) is 21.4. The summed E-state index contributed by atoms with van der Waals surface area (Å²) in [5.74, 6) is 0.849. The van der Waals surface area contributed by atoms with Crippen LogP contribution in [0, 0.1) is 6.92 Å². The summed E-state index contributed by atoms with van der Waals surface area (Å²) in [6.45, 7) is 3.95. The zero-order valence-electron chi connectivity index (χ0n) is 21.4. The summed E-state index contributed by atoms with van der Waals surface area (Å²) in [6.07, 6.45) is 9.95. The highest BCUT2D eigenvalue weighted by Gasteiger charge is 2.17. The van der Waals surface area contributed by atoms with Crippen LogP contribution in [0.5, 0.6) is 0 Å². The summed E-state index contributed by atoms with van der Waals surface area (Å²) in [6, 6.07) is 18.6. The highest BCUT2D eigenvalue weighted by atomic mass is 15.3. The van der Waals surface area contributed by atoms with Gasteiger partial charge in [-0.3, -0.25) is 4.98 Å². The van der Waals surface area contributed by atoms with Gasteiger partial charge in [-0.2, -0.15) is 5.10 Å². The maximum Gasteiger partial charge on any atom is 0.155 e. The van der Waals surface area contributed by atoms with Crippen molar-refractivity contribution in [2.75, 3.05) is 6.54 Å². The Balaban J connectivity index is 1.26. The average Bonchev–Trinajstić information content (AvgIpc) is 3.60. The second-order valence-corrected chi connectivity index (χ2v) is 9.53. The van der Waals surface area contributed by atoms with Crippen LogP contribution in [-0.4, -0.2) is 36.1 Å². The van der Waals surface area contributed by atoms with E-state index in [4.69, 9.17) is 15.7 Å². The number of aromatic nitrogens is 6. The first-order valence-corrected chi connectivity index (χ1v) is 12.9. The number of rotatable bonds is 8. The summed E-state index contributed by atoms with van der Waals surface area (Å²) >= 11 is 0. The van der Waals surface area contributed by atoms with E-state index in [2.05, 4.69) is 56.8 Å². The molecule has 0 atom stereocenters. The molecule has 4 heterocycles. The minimum atomic E-state index is 0.592. The third-order valence-corrected chi connectivity index (χ3v) is 6.92. The van der Waals surface area contributed by atoms with Crippen LogP contribution in [0.15, 0.2) is 84.8 Å². The molecule has 0 spiro atoms. The van der Waals surface area contributed by atoms with Gasteiger partial charge in [-0.15, -0.1) is 0 Å². The lowest BCUT2D eigenvalue weighted by Crippen LogP contribution is -2.15. The van der Waals surface area contributed by atoms with Crippen LogP contribution in [0.25, 0.3) is 33.9 Å². The monoisotopic (exact) mass is 502 g/mol. The Morgan fingerprint density at radius 1 is 0.974 bits per heavy atom. The number of benzene rings is 1. The fourth-order valence-electron chi connectivity index (χ4n) is 4.92. The van der Waals surface area contributed by atoms with Crippen molar-refractivity contribution >= 4 is 11.2 Å². The molecule has 0 unspecified atom stereocenters. The highest BCUT2D eigenvalue weighted by Crippen LogP contribution is 2.30. The van der Waals surface area contributed by atoms with Crippen LogP contribution in [0.4, 0.5) is 0 Å². The summed E-state index contributed by atoms with van der Waals surface area (Å²) in [7, 11) is 0. The highest BCUT2D eigenvalue weighted by molar-refractivity contribution is 5.77. The van der Waals surface area contributed by atoms with Crippen LogP contribution in [0.1, 0.15) is 35.5 Å². The van der Waals surface area contributed by atoms with Crippen LogP contribution >= 0.6 is 0 Å². The number of aromatic amines is 1. The van der Waals surface area contributed by atoms with Crippen LogP contribution in [0.2, 0.25) is 0 Å². The Labute approximate surface area is 221 Å². The molecule has 0 saturated heterocycles. The van der Waals surface area contributed by atoms with Crippen LogP contribution in [-0.2, 0) is 13.1 Å². The Morgan fingerprint density at radius 2 is 1.89 bits per heavy atom. The Hall–Kier alpha value is -4.40. The van der Waals surface area contributed by atoms with E-state index in [1.807, 2.05) is 43.5 Å². The van der Waals surface area contributed by atoms with Gasteiger partial charge in [0.15, 0.2) is 5.65 Å². The third kappa shape index (κ3) is 4.91. The number of H-pyrrole nitrogens is 1. The van der Waals surface area contributed by atoms with E-state index >= 15 is 0 Å². The van der Waals surface area contributed by atoms with Crippen molar-refractivity contribution < 1.29 is 0 Å². The minimum absolute atomic E-state index is 0.592. The van der Waals surface area contributed by atoms with E-state index in [1.165, 1.54) is 22.3 Å². The smallest absolute Gasteiger partial charge is 0.155 e. The van der Waals surface area contributed by atoms with Gasteiger partial charge in [-0.25, -0.2) is 14.5 Å². The van der Waals surface area contributed by atoms with E-state index in [-0.39, 0.29) is 0 Å². The van der Waals surface area contributed by atoms with Crippen molar-refractivity contribution in [3.63, 3.8) is 0 Å². The lowest BCUT2D eigenvalue weighted by molar-refractivity contribution is 0.668. The quantitative estimate of drug-likeness (QED) is 0.280. The largest absolute Gasteiger partial charge is 0.340 e. The molecular weight excluding hydrogens is 472 g/mol. The second-order valence-electron chi connectivity index (χ2n) is 9.53. The molecule has 1 aromatic carbocycles. The maximum absolute atomic E-state index is 5.82. The molecule has 0 saturated carbocycles. The first-order chi connectivity index (χ1) is 18.7. The van der Waals surface area contributed by atoms with Crippen LogP contribution in [0.3, 0.4) is 0 Å². The first-order valence-electron chi connectivity index (χ1n) is 12.9. The van der Waals surface area contributed by atoms with Gasteiger partial charge in [-0.1, -0.05) is 48.1 Å². The van der Waals surface area contributed by atoms with Crippen molar-refractivity contribution in [3.05, 3.63) is 107 Å². The van der Waals surface area contributed by atoms with Gasteiger partial charge in [-0.05, 0) is 60.7 Å². The molecular formula is C30H30N8. The van der Waals surface area contributed by atoms with Gasteiger partial charge in [0.25, 0.3) is 0 Å². The predicted octanol–water partition coefficient (Wildman–Crippen LogP) is 4.84. The number of aryl methyl sites for hydroxylation is 1. The number of fused-ring (bicyclic) bond motifs is 1. The number of nitrogens with one attached hydrogen (secondary N) is 2. The Kier molecular flexibility index (Phi) is 6.64. The van der Waals surface area contributed by atoms with Crippen molar-refractivity contribution in [1.29, 1.82) is 0 Å². The number of hydrogen-bond donors (Lipinski definition) is 3. The summed E-state index contributed by atoms with van der Waals surface area (Å²) in [5.41, 5.74) is 16.3. The normalized spacial score (nSPS) is 13.5. The molecule has 0 aliphatic heterocycles. The molecule has 0 radical (unpaired) electrons. The lowest BCUT2D eigenvalue weighted by atomic mass is 9.90. The lowest BCUT2D eigenvalue weighted by Gasteiger charge is -2.17. The van der Waals surface area contributed by atoms with Crippen molar-refractivity contribution in [1.82, 2.24) is 34.9 Å². The summed E-state index contributed by atoms with van der Waals surface area (Å²) < 4.78 is 1.77. The maximum atomic E-state index is 5.82. The Morgan fingerprint density at radius 3 is 2.74 bits per heavy atom. The molecule has 38 heavy (non-hydrogen) atoms. The topological polar surface area (TPSA) is 110 Å². The minimum Gasteiger partial charge on any atom is -0.340 e. The number of nitrogens with zero attached hydrogens (tertiary/aromatic N) is 5. The molecule has 190 valence electrons. The molecule has 4 aromatic heterocycles. The summed E-state index contributed by atoms with van der Waals surface area (Å²) in [4.78, 5) is 17.5. The zero-order chi connectivity index (χ0) is 25.9. The van der Waals surface area contributed by atoms with E-state index in [0.717, 1.165) is 59.2 Å². The van der Waals surface area contributed by atoms with Gasteiger partial charge in [0.1, 0.15) is 17.8 Å². The molecule has 0 amide bonds.